The van der Waals surface area contributed by atoms with Crippen LogP contribution in [0.15, 0.2) is 34.0 Å². The number of aryl methyl sites for hydroxylation is 1. The van der Waals surface area contributed by atoms with Crippen molar-refractivity contribution in [3.05, 3.63) is 56.6 Å². The molecule has 9 heteroatoms. The third kappa shape index (κ3) is 4.55. The normalized spacial score (nSPS) is 11.2. The molecule has 3 rings (SSSR count). The molecule has 0 aliphatic rings. The van der Waals surface area contributed by atoms with Gasteiger partial charge in [-0.1, -0.05) is 39.2 Å². The molecule has 166 valence electrons. The van der Waals surface area contributed by atoms with Crippen molar-refractivity contribution in [2.75, 3.05) is 17.2 Å². The maximum atomic E-state index is 13.5. The number of nitrogen functional groups attached to an aromatic ring is 1. The second-order valence-electron chi connectivity index (χ2n) is 7.68. The SMILES string of the molecule is CCCCCN(C(=O)c1cn2c(C)cccc2n1)c1c(N)n(CCCC)c(=O)[nH]c1=O. The Morgan fingerprint density at radius 1 is 1.16 bits per heavy atom. The van der Waals surface area contributed by atoms with Crippen molar-refractivity contribution >= 4 is 23.1 Å². The van der Waals surface area contributed by atoms with Crippen molar-refractivity contribution in [1.82, 2.24) is 18.9 Å². The number of aromatic nitrogens is 4. The Morgan fingerprint density at radius 2 is 1.90 bits per heavy atom. The molecule has 0 saturated heterocycles. The van der Waals surface area contributed by atoms with Gasteiger partial charge in [-0.25, -0.2) is 9.78 Å². The number of hydrogen-bond acceptors (Lipinski definition) is 5. The van der Waals surface area contributed by atoms with E-state index in [9.17, 15) is 14.4 Å². The molecule has 0 atom stereocenters. The van der Waals surface area contributed by atoms with E-state index in [0.29, 0.717) is 25.2 Å². The lowest BCUT2D eigenvalue weighted by atomic mass is 10.2. The number of rotatable bonds is 9. The molecule has 0 aromatic carbocycles. The van der Waals surface area contributed by atoms with Gasteiger partial charge >= 0.3 is 5.69 Å². The van der Waals surface area contributed by atoms with E-state index in [0.717, 1.165) is 31.4 Å². The molecular formula is C22H30N6O3. The molecule has 3 heterocycles. The maximum Gasteiger partial charge on any atom is 0.330 e. The van der Waals surface area contributed by atoms with Gasteiger partial charge in [-0.05, 0) is 31.9 Å². The molecule has 31 heavy (non-hydrogen) atoms. The number of anilines is 2. The minimum atomic E-state index is -0.667. The molecule has 3 N–H and O–H groups in total. The topological polar surface area (TPSA) is 118 Å². The number of carbonyl (C=O) groups excluding carboxylic acids is 1. The number of H-pyrrole nitrogens is 1. The average Bonchev–Trinajstić information content (AvgIpc) is 3.18. The number of imidazole rings is 1. The fourth-order valence-electron chi connectivity index (χ4n) is 3.60. The zero-order valence-corrected chi connectivity index (χ0v) is 18.4. The van der Waals surface area contributed by atoms with Crippen LogP contribution in [0.25, 0.3) is 5.65 Å². The molecule has 0 aliphatic carbocycles. The minimum absolute atomic E-state index is 0.00517. The third-order valence-electron chi connectivity index (χ3n) is 5.36. The zero-order valence-electron chi connectivity index (χ0n) is 18.4. The van der Waals surface area contributed by atoms with Crippen molar-refractivity contribution in [3.8, 4) is 0 Å². The van der Waals surface area contributed by atoms with Crippen molar-refractivity contribution in [1.29, 1.82) is 0 Å². The number of nitrogens with two attached hydrogens (primary N) is 1. The Morgan fingerprint density at radius 3 is 2.58 bits per heavy atom. The fourth-order valence-corrected chi connectivity index (χ4v) is 3.60. The van der Waals surface area contributed by atoms with Gasteiger partial charge in [-0.2, -0.15) is 0 Å². The number of fused-ring (bicyclic) bond motifs is 1. The molecule has 0 fully saturated rings. The van der Waals surface area contributed by atoms with Gasteiger partial charge in [0.25, 0.3) is 11.5 Å². The number of hydrogen-bond donors (Lipinski definition) is 2. The standard InChI is InChI=1S/C22H30N6O3/c1-4-6-8-13-26(18-19(23)27(12-7-5-2)22(31)25-20(18)29)21(30)16-14-28-15(3)10-9-11-17(28)24-16/h9-11,14H,4-8,12-13,23H2,1-3H3,(H,25,29,31). The number of pyridine rings is 1. The summed E-state index contributed by atoms with van der Waals surface area (Å²) in [5.74, 6) is -0.413. The molecule has 0 bridgehead atoms. The van der Waals surface area contributed by atoms with Crippen molar-refractivity contribution in [2.24, 2.45) is 0 Å². The molecule has 0 unspecified atom stereocenters. The van der Waals surface area contributed by atoms with Gasteiger partial charge in [-0.15, -0.1) is 0 Å². The Bertz CT molecular complexity index is 1190. The zero-order chi connectivity index (χ0) is 22.5. The summed E-state index contributed by atoms with van der Waals surface area (Å²) in [6.07, 6.45) is 5.79. The van der Waals surface area contributed by atoms with Gasteiger partial charge in [0.05, 0.1) is 0 Å². The first-order valence-electron chi connectivity index (χ1n) is 10.8. The highest BCUT2D eigenvalue weighted by molar-refractivity contribution is 6.06. The summed E-state index contributed by atoms with van der Waals surface area (Å²) >= 11 is 0. The molecule has 0 radical (unpaired) electrons. The van der Waals surface area contributed by atoms with E-state index in [-0.39, 0.29) is 17.2 Å². The van der Waals surface area contributed by atoms with Crippen LogP contribution in [0.2, 0.25) is 0 Å². The molecular weight excluding hydrogens is 396 g/mol. The lowest BCUT2D eigenvalue weighted by Gasteiger charge is -2.24. The monoisotopic (exact) mass is 426 g/mol. The molecule has 3 aromatic rings. The highest BCUT2D eigenvalue weighted by Gasteiger charge is 2.26. The highest BCUT2D eigenvalue weighted by atomic mass is 16.2. The van der Waals surface area contributed by atoms with Gasteiger partial charge in [-0.3, -0.25) is 24.0 Å². The van der Waals surface area contributed by atoms with E-state index in [1.165, 1.54) is 9.47 Å². The number of nitrogens with one attached hydrogen (secondary N) is 1. The van der Waals surface area contributed by atoms with Crippen molar-refractivity contribution in [2.45, 2.75) is 59.4 Å². The number of amides is 1. The Labute approximate surface area is 180 Å². The Hall–Kier alpha value is -3.36. The predicted molar refractivity (Wildman–Crippen MR) is 122 cm³/mol. The summed E-state index contributed by atoms with van der Waals surface area (Å²) in [5.41, 5.74) is 6.84. The summed E-state index contributed by atoms with van der Waals surface area (Å²) < 4.78 is 3.15. The summed E-state index contributed by atoms with van der Waals surface area (Å²) in [7, 11) is 0. The van der Waals surface area contributed by atoms with E-state index < -0.39 is 17.2 Å². The lowest BCUT2D eigenvalue weighted by Crippen LogP contribution is -2.41. The van der Waals surface area contributed by atoms with E-state index in [1.54, 1.807) is 6.20 Å². The number of carbonyl (C=O) groups is 1. The third-order valence-corrected chi connectivity index (χ3v) is 5.36. The molecule has 9 nitrogen and oxygen atoms in total. The van der Waals surface area contributed by atoms with Crippen LogP contribution < -0.4 is 21.9 Å². The van der Waals surface area contributed by atoms with E-state index in [1.807, 2.05) is 36.4 Å². The van der Waals surface area contributed by atoms with Gasteiger partial charge in [0.2, 0.25) is 0 Å². The molecule has 0 aliphatic heterocycles. The summed E-state index contributed by atoms with van der Waals surface area (Å²) in [6, 6.07) is 5.61. The van der Waals surface area contributed by atoms with Crippen LogP contribution in [0.1, 0.15) is 62.1 Å². The second kappa shape index (κ2) is 9.63. The van der Waals surface area contributed by atoms with Crippen LogP contribution in [-0.4, -0.2) is 31.4 Å². The van der Waals surface area contributed by atoms with E-state index in [4.69, 9.17) is 5.73 Å². The van der Waals surface area contributed by atoms with Crippen LogP contribution >= 0.6 is 0 Å². The van der Waals surface area contributed by atoms with Crippen LogP contribution in [0.4, 0.5) is 11.5 Å². The summed E-state index contributed by atoms with van der Waals surface area (Å²) in [6.45, 7) is 6.66. The average molecular weight is 427 g/mol. The highest BCUT2D eigenvalue weighted by Crippen LogP contribution is 2.21. The van der Waals surface area contributed by atoms with Crippen LogP contribution in [0.5, 0.6) is 0 Å². The largest absolute Gasteiger partial charge is 0.383 e. The summed E-state index contributed by atoms with van der Waals surface area (Å²) in [5, 5.41) is 0. The second-order valence-corrected chi connectivity index (χ2v) is 7.68. The van der Waals surface area contributed by atoms with E-state index >= 15 is 0 Å². The van der Waals surface area contributed by atoms with Crippen LogP contribution in [-0.2, 0) is 6.54 Å². The number of nitrogens with zero attached hydrogens (tertiary/aromatic N) is 4. The maximum absolute atomic E-state index is 13.5. The fraction of sp³-hybridized carbons (Fsp3) is 0.455. The quantitative estimate of drug-likeness (QED) is 0.510. The number of unbranched alkanes of at least 4 members (excludes halogenated alkanes) is 3. The van der Waals surface area contributed by atoms with Gasteiger partial charge in [0.1, 0.15) is 17.2 Å². The van der Waals surface area contributed by atoms with Gasteiger partial charge in [0, 0.05) is 25.0 Å². The predicted octanol–water partition coefficient (Wildman–Crippen LogP) is 2.71. The smallest absolute Gasteiger partial charge is 0.330 e. The minimum Gasteiger partial charge on any atom is -0.383 e. The molecule has 0 saturated carbocycles. The molecule has 3 aromatic heterocycles. The molecule has 0 spiro atoms. The Kier molecular flexibility index (Phi) is 6.94. The first kappa shape index (κ1) is 22.3. The Balaban J connectivity index is 2.10. The lowest BCUT2D eigenvalue weighted by molar-refractivity contribution is 0.0982. The van der Waals surface area contributed by atoms with Crippen molar-refractivity contribution in [3.63, 3.8) is 0 Å². The summed E-state index contributed by atoms with van der Waals surface area (Å²) in [4.78, 5) is 46.7. The molecule has 1 amide bonds. The van der Waals surface area contributed by atoms with Gasteiger partial charge in [0.15, 0.2) is 5.69 Å². The van der Waals surface area contributed by atoms with Crippen LogP contribution in [0.3, 0.4) is 0 Å². The number of aromatic amines is 1. The van der Waals surface area contributed by atoms with Gasteiger partial charge < -0.3 is 10.1 Å². The first-order chi connectivity index (χ1) is 14.9. The van der Waals surface area contributed by atoms with Crippen LogP contribution in [0, 0.1) is 6.92 Å². The van der Waals surface area contributed by atoms with Crippen molar-refractivity contribution < 1.29 is 4.79 Å². The van der Waals surface area contributed by atoms with E-state index in [2.05, 4.69) is 16.9 Å². The first-order valence-corrected chi connectivity index (χ1v) is 10.8.